The van der Waals surface area contributed by atoms with Gasteiger partial charge in [0.05, 0.1) is 18.3 Å². The third-order valence-electron chi connectivity index (χ3n) is 10.5. The van der Waals surface area contributed by atoms with Gasteiger partial charge in [-0.25, -0.2) is 0 Å². The standard InChI is InChI=1S/C44H80O9/c1-4-6-21-27-37(45)31-32-41-39(40(47)33-44(50)53-41)28-23-19-20-25-30-43(49)52-35-38(46)34-51-42(48)29-24-18-16-14-12-10-8-7-9-11-13-15-17-22-26-36(3)5-2/h19,23,31-32,36-41,44-47,50H,4-18,20-22,24-30,33-35H2,1-3H3/b23-19-,32-31+/t36?,37-,38+,39-,40-,41+,44?/m0/s1. The van der Waals surface area contributed by atoms with Crippen molar-refractivity contribution < 1.29 is 44.2 Å². The second-order valence-electron chi connectivity index (χ2n) is 15.6. The zero-order valence-corrected chi connectivity index (χ0v) is 34.0. The maximum absolute atomic E-state index is 12.1. The highest BCUT2D eigenvalue weighted by Crippen LogP contribution is 2.29. The van der Waals surface area contributed by atoms with E-state index in [4.69, 9.17) is 14.2 Å². The molecule has 2 unspecified atom stereocenters. The lowest BCUT2D eigenvalue weighted by molar-refractivity contribution is -0.199. The summed E-state index contributed by atoms with van der Waals surface area (Å²) in [7, 11) is 0. The van der Waals surface area contributed by atoms with E-state index in [0.717, 1.165) is 44.4 Å². The monoisotopic (exact) mass is 753 g/mol. The number of esters is 2. The van der Waals surface area contributed by atoms with Crippen LogP contribution in [0.1, 0.15) is 188 Å². The zero-order chi connectivity index (χ0) is 38.9. The van der Waals surface area contributed by atoms with Crippen molar-refractivity contribution in [1.82, 2.24) is 0 Å². The van der Waals surface area contributed by atoms with Gasteiger partial charge in [0.1, 0.15) is 19.3 Å². The van der Waals surface area contributed by atoms with E-state index >= 15 is 0 Å². The van der Waals surface area contributed by atoms with Gasteiger partial charge in [0.2, 0.25) is 0 Å². The van der Waals surface area contributed by atoms with E-state index in [1.807, 2.05) is 12.2 Å². The Labute approximate surface area is 323 Å². The quantitative estimate of drug-likeness (QED) is 0.0287. The van der Waals surface area contributed by atoms with Gasteiger partial charge < -0.3 is 34.6 Å². The molecule has 0 aromatic carbocycles. The van der Waals surface area contributed by atoms with Crippen LogP contribution in [0.2, 0.25) is 0 Å². The number of aliphatic hydroxyl groups is 4. The number of allylic oxidation sites excluding steroid dienone is 2. The van der Waals surface area contributed by atoms with E-state index in [1.165, 1.54) is 83.5 Å². The van der Waals surface area contributed by atoms with Gasteiger partial charge in [-0.05, 0) is 38.0 Å². The Morgan fingerprint density at radius 1 is 0.717 bits per heavy atom. The maximum Gasteiger partial charge on any atom is 0.305 e. The maximum atomic E-state index is 12.1. The van der Waals surface area contributed by atoms with Gasteiger partial charge in [-0.1, -0.05) is 161 Å². The molecule has 53 heavy (non-hydrogen) atoms. The molecular weight excluding hydrogens is 672 g/mol. The first-order valence-corrected chi connectivity index (χ1v) is 21.7. The van der Waals surface area contributed by atoms with Gasteiger partial charge >= 0.3 is 11.9 Å². The van der Waals surface area contributed by atoms with Crippen LogP contribution in [0.25, 0.3) is 0 Å². The minimum Gasteiger partial charge on any atom is -0.463 e. The number of rotatable bonds is 34. The lowest BCUT2D eigenvalue weighted by Crippen LogP contribution is -2.43. The lowest BCUT2D eigenvalue weighted by Gasteiger charge is -2.36. The van der Waals surface area contributed by atoms with Crippen LogP contribution in [0.5, 0.6) is 0 Å². The van der Waals surface area contributed by atoms with E-state index in [1.54, 1.807) is 12.2 Å². The van der Waals surface area contributed by atoms with Crippen molar-refractivity contribution >= 4 is 11.9 Å². The summed E-state index contributed by atoms with van der Waals surface area (Å²) < 4.78 is 16.0. The van der Waals surface area contributed by atoms with Gasteiger partial charge in [0.15, 0.2) is 6.29 Å². The topological polar surface area (TPSA) is 143 Å². The zero-order valence-electron chi connectivity index (χ0n) is 34.0. The molecule has 0 radical (unpaired) electrons. The number of carbonyl (C=O) groups is 2. The van der Waals surface area contributed by atoms with Crippen molar-refractivity contribution in [3.8, 4) is 0 Å². The molecule has 0 aromatic rings. The molecular formula is C44H80O9. The fourth-order valence-corrected chi connectivity index (χ4v) is 6.75. The number of hydrogen-bond donors (Lipinski definition) is 4. The van der Waals surface area contributed by atoms with Crippen LogP contribution in [0, 0.1) is 11.8 Å². The molecule has 9 heteroatoms. The molecule has 0 amide bonds. The number of aliphatic hydroxyl groups excluding tert-OH is 4. The molecule has 0 saturated carbocycles. The predicted molar refractivity (Wildman–Crippen MR) is 213 cm³/mol. The van der Waals surface area contributed by atoms with E-state index < -0.39 is 36.7 Å². The fraction of sp³-hybridized carbons (Fsp3) is 0.864. The molecule has 0 aromatic heterocycles. The Morgan fingerprint density at radius 3 is 1.81 bits per heavy atom. The van der Waals surface area contributed by atoms with Crippen molar-refractivity contribution in [1.29, 1.82) is 0 Å². The van der Waals surface area contributed by atoms with E-state index in [9.17, 15) is 30.0 Å². The predicted octanol–water partition coefficient (Wildman–Crippen LogP) is 9.42. The highest BCUT2D eigenvalue weighted by Gasteiger charge is 2.35. The van der Waals surface area contributed by atoms with E-state index in [0.29, 0.717) is 32.1 Å². The summed E-state index contributed by atoms with van der Waals surface area (Å²) in [5.41, 5.74) is 0. The number of hydrogen-bond acceptors (Lipinski definition) is 9. The summed E-state index contributed by atoms with van der Waals surface area (Å²) in [4.78, 5) is 24.2. The van der Waals surface area contributed by atoms with Crippen molar-refractivity contribution in [2.75, 3.05) is 13.2 Å². The molecule has 0 aliphatic carbocycles. The van der Waals surface area contributed by atoms with Crippen LogP contribution in [-0.2, 0) is 23.8 Å². The van der Waals surface area contributed by atoms with Gasteiger partial charge in [0.25, 0.3) is 0 Å². The van der Waals surface area contributed by atoms with Crippen LogP contribution >= 0.6 is 0 Å². The molecule has 310 valence electrons. The van der Waals surface area contributed by atoms with Crippen LogP contribution in [0.15, 0.2) is 24.3 Å². The molecule has 7 atom stereocenters. The van der Waals surface area contributed by atoms with E-state index in [2.05, 4.69) is 20.8 Å². The first-order chi connectivity index (χ1) is 25.7. The Bertz CT molecular complexity index is 938. The average molecular weight is 753 g/mol. The third-order valence-corrected chi connectivity index (χ3v) is 10.5. The summed E-state index contributed by atoms with van der Waals surface area (Å²) in [5, 5.41) is 40.8. The van der Waals surface area contributed by atoms with Gasteiger partial charge in [-0.3, -0.25) is 9.59 Å². The third kappa shape index (κ3) is 28.3. The van der Waals surface area contributed by atoms with Gasteiger partial charge in [0, 0.05) is 25.2 Å². The van der Waals surface area contributed by atoms with Gasteiger partial charge in [-0.15, -0.1) is 0 Å². The van der Waals surface area contributed by atoms with Crippen molar-refractivity contribution in [3.05, 3.63) is 24.3 Å². The second-order valence-corrected chi connectivity index (χ2v) is 15.6. The molecule has 1 saturated heterocycles. The Morgan fingerprint density at radius 2 is 1.25 bits per heavy atom. The Hall–Kier alpha value is -1.78. The lowest BCUT2D eigenvalue weighted by atomic mass is 9.87. The van der Waals surface area contributed by atoms with Crippen LogP contribution in [-0.4, -0.2) is 76.3 Å². The van der Waals surface area contributed by atoms with Crippen LogP contribution in [0.3, 0.4) is 0 Å². The number of carbonyl (C=O) groups excluding carboxylic acids is 2. The molecule has 0 bridgehead atoms. The fourth-order valence-electron chi connectivity index (χ4n) is 6.75. The summed E-state index contributed by atoms with van der Waals surface area (Å²) in [6.45, 7) is 6.36. The second kappa shape index (κ2) is 33.5. The van der Waals surface area contributed by atoms with Gasteiger partial charge in [-0.2, -0.15) is 0 Å². The Kier molecular flexibility index (Phi) is 31.2. The minimum atomic E-state index is -1.05. The summed E-state index contributed by atoms with van der Waals surface area (Å²) in [5.74, 6) is -0.116. The SMILES string of the molecule is CCCCC[C@H](O)/C=C/[C@H]1OC(O)C[C@H](O)[C@@H]1C/C=C\CCCC(=O)OC[C@H](O)COC(=O)CCCCCCCCCCCCCCCCC(C)CC. The average Bonchev–Trinajstić information content (AvgIpc) is 3.13. The molecule has 4 N–H and O–H groups in total. The smallest absolute Gasteiger partial charge is 0.305 e. The molecule has 1 fully saturated rings. The summed E-state index contributed by atoms with van der Waals surface area (Å²) in [6.07, 6.45) is 30.0. The first-order valence-electron chi connectivity index (χ1n) is 21.7. The highest BCUT2D eigenvalue weighted by atomic mass is 16.6. The molecule has 1 rings (SSSR count). The van der Waals surface area contributed by atoms with Crippen molar-refractivity contribution in [2.24, 2.45) is 11.8 Å². The van der Waals surface area contributed by atoms with Crippen LogP contribution < -0.4 is 0 Å². The molecule has 1 aliphatic heterocycles. The number of unbranched alkanes of at least 4 members (excludes halogenated alkanes) is 16. The van der Waals surface area contributed by atoms with Crippen molar-refractivity contribution in [2.45, 2.75) is 218 Å². The molecule has 0 spiro atoms. The van der Waals surface area contributed by atoms with Crippen molar-refractivity contribution in [3.63, 3.8) is 0 Å². The molecule has 1 heterocycles. The largest absolute Gasteiger partial charge is 0.463 e. The Balaban J connectivity index is 2.03. The first kappa shape index (κ1) is 49.2. The normalized spacial score (nSPS) is 20.9. The highest BCUT2D eigenvalue weighted by molar-refractivity contribution is 5.69. The summed E-state index contributed by atoms with van der Waals surface area (Å²) in [6, 6.07) is 0. The number of ether oxygens (including phenoxy) is 3. The minimum absolute atomic E-state index is 0.137. The molecule has 9 nitrogen and oxygen atoms in total. The van der Waals surface area contributed by atoms with E-state index in [-0.39, 0.29) is 37.9 Å². The summed E-state index contributed by atoms with van der Waals surface area (Å²) >= 11 is 0. The van der Waals surface area contributed by atoms with Crippen LogP contribution in [0.4, 0.5) is 0 Å². The molecule has 1 aliphatic rings.